The summed E-state index contributed by atoms with van der Waals surface area (Å²) in [6.07, 6.45) is 0. The number of hydrogen-bond acceptors (Lipinski definition) is 0. The molecule has 0 aliphatic rings. The van der Waals surface area contributed by atoms with Gasteiger partial charge in [-0.05, 0) is 55.7 Å². The second-order valence-electron chi connectivity index (χ2n) is 8.27. The summed E-state index contributed by atoms with van der Waals surface area (Å²) in [7, 11) is -0.816. The van der Waals surface area contributed by atoms with Crippen molar-refractivity contribution in [3.8, 4) is 0 Å². The molecule has 3 N–H and O–H groups in total. The van der Waals surface area contributed by atoms with Crippen molar-refractivity contribution in [2.45, 2.75) is 20.8 Å². The van der Waals surface area contributed by atoms with Gasteiger partial charge in [-0.2, -0.15) is 0 Å². The zero-order valence-electron chi connectivity index (χ0n) is 17.9. The molecular weight excluding hydrogens is 397 g/mol. The van der Waals surface area contributed by atoms with Crippen LogP contribution < -0.4 is 16.3 Å². The summed E-state index contributed by atoms with van der Waals surface area (Å²) in [5.74, 6) is 0. The minimum absolute atomic E-state index is 0.816. The fourth-order valence-corrected chi connectivity index (χ4v) is 7.55. The standard InChI is InChI=1S/C27H24N3P/c1-16-19-10-4-7-13-22(19)28-25(16)31(26-17(2)20-11-5-8-14-23(20)29-26)27-18(3)21-12-6-9-15-24(21)30-27/h4-15,28-30H,1-3H3. The molecule has 4 heteroatoms. The van der Waals surface area contributed by atoms with Gasteiger partial charge in [0.15, 0.2) is 0 Å². The normalized spacial score (nSPS) is 12.0. The molecule has 0 atom stereocenters. The average molecular weight is 421 g/mol. The van der Waals surface area contributed by atoms with Crippen molar-refractivity contribution in [3.05, 3.63) is 89.5 Å². The van der Waals surface area contributed by atoms with E-state index in [0.29, 0.717) is 0 Å². The molecule has 0 saturated carbocycles. The number of para-hydroxylation sites is 3. The van der Waals surface area contributed by atoms with E-state index in [-0.39, 0.29) is 0 Å². The molecule has 0 spiro atoms. The van der Waals surface area contributed by atoms with Gasteiger partial charge >= 0.3 is 0 Å². The summed E-state index contributed by atoms with van der Waals surface area (Å²) in [6.45, 7) is 6.75. The summed E-state index contributed by atoms with van der Waals surface area (Å²) in [4.78, 5) is 11.4. The molecule has 3 aromatic heterocycles. The lowest BCUT2D eigenvalue weighted by atomic mass is 10.2. The van der Waals surface area contributed by atoms with Crippen LogP contribution in [0.5, 0.6) is 0 Å². The molecule has 6 aromatic rings. The Bertz CT molecular complexity index is 1390. The Balaban J connectivity index is 1.70. The monoisotopic (exact) mass is 421 g/mol. The van der Waals surface area contributed by atoms with E-state index in [1.54, 1.807) is 0 Å². The Hall–Kier alpha value is -3.29. The van der Waals surface area contributed by atoms with Crippen molar-refractivity contribution < 1.29 is 0 Å². The molecule has 0 aliphatic carbocycles. The van der Waals surface area contributed by atoms with Crippen LogP contribution in [0.2, 0.25) is 0 Å². The molecule has 3 aromatic carbocycles. The predicted molar refractivity (Wildman–Crippen MR) is 135 cm³/mol. The Morgan fingerprint density at radius 2 is 0.742 bits per heavy atom. The fraction of sp³-hybridized carbons (Fsp3) is 0.111. The first-order chi connectivity index (χ1) is 15.1. The second-order valence-corrected chi connectivity index (χ2v) is 10.3. The number of fused-ring (bicyclic) bond motifs is 3. The Morgan fingerprint density at radius 3 is 1.03 bits per heavy atom. The van der Waals surface area contributed by atoms with Crippen LogP contribution in [0.25, 0.3) is 32.7 Å². The third-order valence-corrected chi connectivity index (χ3v) is 9.17. The highest BCUT2D eigenvalue weighted by atomic mass is 31.1. The highest BCUT2D eigenvalue weighted by Crippen LogP contribution is 2.40. The molecule has 3 heterocycles. The van der Waals surface area contributed by atoms with E-state index >= 15 is 0 Å². The number of rotatable bonds is 3. The summed E-state index contributed by atoms with van der Waals surface area (Å²) in [6, 6.07) is 25.9. The summed E-state index contributed by atoms with van der Waals surface area (Å²) in [5, 5.41) is 3.90. The zero-order chi connectivity index (χ0) is 21.1. The number of hydrogen-bond donors (Lipinski definition) is 3. The zero-order valence-corrected chi connectivity index (χ0v) is 18.8. The van der Waals surface area contributed by atoms with Gasteiger partial charge in [-0.3, -0.25) is 0 Å². The molecular formula is C27H24N3P. The van der Waals surface area contributed by atoms with Crippen LogP contribution in [0.15, 0.2) is 72.8 Å². The molecule has 0 saturated heterocycles. The predicted octanol–water partition coefficient (Wildman–Crippen LogP) is 5.81. The van der Waals surface area contributed by atoms with Gasteiger partial charge in [-0.15, -0.1) is 0 Å². The summed E-state index contributed by atoms with van der Waals surface area (Å²) >= 11 is 0. The molecule has 0 radical (unpaired) electrons. The van der Waals surface area contributed by atoms with Crippen molar-refractivity contribution in [1.82, 2.24) is 15.0 Å². The number of aromatic amines is 3. The molecule has 0 fully saturated rings. The van der Waals surface area contributed by atoms with Gasteiger partial charge in [-0.1, -0.05) is 54.6 Å². The van der Waals surface area contributed by atoms with Crippen LogP contribution in [0.1, 0.15) is 16.7 Å². The number of aryl methyl sites for hydroxylation is 3. The minimum Gasteiger partial charge on any atom is -0.354 e. The lowest BCUT2D eigenvalue weighted by Crippen LogP contribution is -2.27. The lowest BCUT2D eigenvalue weighted by Gasteiger charge is -2.18. The molecule has 152 valence electrons. The Morgan fingerprint density at radius 1 is 0.452 bits per heavy atom. The van der Waals surface area contributed by atoms with Crippen LogP contribution in [-0.4, -0.2) is 15.0 Å². The number of H-pyrrole nitrogens is 3. The van der Waals surface area contributed by atoms with E-state index in [9.17, 15) is 0 Å². The average Bonchev–Trinajstić information content (AvgIpc) is 3.43. The van der Waals surface area contributed by atoms with Gasteiger partial charge < -0.3 is 15.0 Å². The first-order valence-corrected chi connectivity index (χ1v) is 12.0. The fourth-order valence-electron chi connectivity index (χ4n) is 4.81. The van der Waals surface area contributed by atoms with Crippen LogP contribution in [-0.2, 0) is 0 Å². The lowest BCUT2D eigenvalue weighted by molar-refractivity contribution is 1.45. The SMILES string of the molecule is Cc1c(P(c2[nH]c3ccccc3c2C)c2[nH]c3ccccc3c2C)[nH]c2ccccc12. The number of benzene rings is 3. The number of nitrogens with one attached hydrogen (secondary N) is 3. The van der Waals surface area contributed by atoms with E-state index in [2.05, 4.69) is 109 Å². The van der Waals surface area contributed by atoms with Gasteiger partial charge in [-0.25, -0.2) is 0 Å². The summed E-state index contributed by atoms with van der Waals surface area (Å²) in [5.41, 5.74) is 11.5. The largest absolute Gasteiger partial charge is 0.354 e. The van der Waals surface area contributed by atoms with Crippen LogP contribution in [0.3, 0.4) is 0 Å². The molecule has 0 amide bonds. The van der Waals surface area contributed by atoms with Gasteiger partial charge in [0.1, 0.15) is 0 Å². The molecule has 0 aliphatic heterocycles. The van der Waals surface area contributed by atoms with E-state index in [0.717, 1.165) is 0 Å². The van der Waals surface area contributed by atoms with E-state index in [1.165, 1.54) is 65.7 Å². The van der Waals surface area contributed by atoms with Gasteiger partial charge in [0, 0.05) is 40.6 Å². The van der Waals surface area contributed by atoms with Crippen LogP contribution in [0, 0.1) is 20.8 Å². The Kier molecular flexibility index (Phi) is 4.09. The molecule has 31 heavy (non-hydrogen) atoms. The van der Waals surface area contributed by atoms with Gasteiger partial charge in [0.25, 0.3) is 0 Å². The van der Waals surface area contributed by atoms with E-state index in [1.807, 2.05) is 0 Å². The van der Waals surface area contributed by atoms with Crippen LogP contribution >= 0.6 is 7.92 Å². The van der Waals surface area contributed by atoms with E-state index in [4.69, 9.17) is 0 Å². The maximum atomic E-state index is 3.79. The van der Waals surface area contributed by atoms with Crippen molar-refractivity contribution in [2.24, 2.45) is 0 Å². The van der Waals surface area contributed by atoms with Gasteiger partial charge in [0.05, 0.1) is 16.3 Å². The topological polar surface area (TPSA) is 47.4 Å². The number of aromatic nitrogens is 3. The van der Waals surface area contributed by atoms with Crippen molar-refractivity contribution >= 4 is 56.9 Å². The molecule has 0 unspecified atom stereocenters. The molecule has 6 rings (SSSR count). The smallest absolute Gasteiger partial charge is 0.0546 e. The Labute approximate surface area is 182 Å². The first-order valence-electron chi connectivity index (χ1n) is 10.7. The second kappa shape index (κ2) is 6.87. The van der Waals surface area contributed by atoms with Crippen LogP contribution in [0.4, 0.5) is 0 Å². The quantitative estimate of drug-likeness (QED) is 0.302. The molecule has 0 bridgehead atoms. The van der Waals surface area contributed by atoms with Crippen molar-refractivity contribution in [1.29, 1.82) is 0 Å². The first kappa shape index (κ1) is 18.5. The third-order valence-electron chi connectivity index (χ3n) is 6.49. The van der Waals surface area contributed by atoms with E-state index < -0.39 is 7.92 Å². The van der Waals surface area contributed by atoms with Crippen molar-refractivity contribution in [3.63, 3.8) is 0 Å². The summed E-state index contributed by atoms with van der Waals surface area (Å²) < 4.78 is 0. The van der Waals surface area contributed by atoms with Gasteiger partial charge in [0.2, 0.25) is 0 Å². The van der Waals surface area contributed by atoms with Crippen molar-refractivity contribution in [2.75, 3.05) is 0 Å². The maximum absolute atomic E-state index is 3.79. The highest BCUT2D eigenvalue weighted by molar-refractivity contribution is 7.79. The molecule has 3 nitrogen and oxygen atoms in total. The third kappa shape index (κ3) is 2.70. The highest BCUT2D eigenvalue weighted by Gasteiger charge is 2.28. The maximum Gasteiger partial charge on any atom is 0.0546 e. The minimum atomic E-state index is -0.816.